The van der Waals surface area contributed by atoms with Crippen LogP contribution in [0.3, 0.4) is 0 Å². The number of carbonyl (C=O) groups is 1. The Hall–Kier alpha value is -1.13. The number of hydrogen-bond donors (Lipinski definition) is 1. The molecule has 2 amide bonds. The van der Waals surface area contributed by atoms with Gasteiger partial charge in [-0.25, -0.2) is 4.79 Å². The third-order valence-electron chi connectivity index (χ3n) is 4.77. The highest BCUT2D eigenvalue weighted by Crippen LogP contribution is 2.32. The zero-order valence-electron chi connectivity index (χ0n) is 13.2. The first-order chi connectivity index (χ1) is 11.1. The minimum absolute atomic E-state index is 0.0775. The molecule has 1 saturated heterocycles. The van der Waals surface area contributed by atoms with Crippen molar-refractivity contribution in [3.8, 4) is 0 Å². The number of urea groups is 1. The van der Waals surface area contributed by atoms with Crippen LogP contribution in [0, 0.1) is 0 Å². The molecule has 2 aliphatic rings. The van der Waals surface area contributed by atoms with Crippen molar-refractivity contribution in [3.05, 3.63) is 28.2 Å². The molecule has 3 rings (SSSR count). The first-order valence-electron chi connectivity index (χ1n) is 8.39. The summed E-state index contributed by atoms with van der Waals surface area (Å²) in [5.41, 5.74) is 0.950. The number of nitrogens with zero attached hydrogens (tertiary/aromatic N) is 2. The van der Waals surface area contributed by atoms with Crippen LogP contribution < -0.4 is 10.2 Å². The molecule has 6 heteroatoms. The third kappa shape index (κ3) is 4.04. The molecule has 1 aliphatic carbocycles. The molecule has 1 aliphatic heterocycles. The van der Waals surface area contributed by atoms with Gasteiger partial charge in [-0.3, -0.25) is 0 Å². The van der Waals surface area contributed by atoms with Gasteiger partial charge in [0.2, 0.25) is 0 Å². The molecule has 0 spiro atoms. The van der Waals surface area contributed by atoms with E-state index in [0.29, 0.717) is 29.2 Å². The second-order valence-corrected chi connectivity index (χ2v) is 7.12. The van der Waals surface area contributed by atoms with E-state index in [9.17, 15) is 4.79 Å². The largest absolute Gasteiger partial charge is 0.367 e. The van der Waals surface area contributed by atoms with Gasteiger partial charge in [-0.1, -0.05) is 48.5 Å². The summed E-state index contributed by atoms with van der Waals surface area (Å²) in [6.07, 6.45) is 5.98. The van der Waals surface area contributed by atoms with E-state index in [2.05, 4.69) is 10.2 Å². The van der Waals surface area contributed by atoms with Crippen molar-refractivity contribution < 1.29 is 4.79 Å². The Balaban J connectivity index is 1.53. The van der Waals surface area contributed by atoms with E-state index in [-0.39, 0.29) is 6.03 Å². The van der Waals surface area contributed by atoms with Crippen molar-refractivity contribution >= 4 is 34.9 Å². The highest BCUT2D eigenvalue weighted by atomic mass is 35.5. The number of piperazine rings is 1. The van der Waals surface area contributed by atoms with Crippen LogP contribution in [0.5, 0.6) is 0 Å². The predicted octanol–water partition coefficient (Wildman–Crippen LogP) is 4.16. The third-order valence-corrected chi connectivity index (χ3v) is 5.58. The summed E-state index contributed by atoms with van der Waals surface area (Å²) >= 11 is 12.4. The van der Waals surface area contributed by atoms with Gasteiger partial charge in [0.15, 0.2) is 0 Å². The number of carbonyl (C=O) groups excluding carboxylic acids is 1. The summed E-state index contributed by atoms with van der Waals surface area (Å²) in [6.45, 7) is 2.97. The molecule has 0 radical (unpaired) electrons. The average Bonchev–Trinajstić information content (AvgIpc) is 2.58. The lowest BCUT2D eigenvalue weighted by Crippen LogP contribution is -2.53. The lowest BCUT2D eigenvalue weighted by atomic mass is 9.96. The quantitative estimate of drug-likeness (QED) is 0.864. The maximum Gasteiger partial charge on any atom is 0.317 e. The lowest BCUT2D eigenvalue weighted by molar-refractivity contribution is 0.186. The predicted molar refractivity (Wildman–Crippen MR) is 95.7 cm³/mol. The van der Waals surface area contributed by atoms with Crippen molar-refractivity contribution in [2.45, 2.75) is 38.1 Å². The molecule has 0 bridgehead atoms. The monoisotopic (exact) mass is 355 g/mol. The van der Waals surface area contributed by atoms with Crippen molar-refractivity contribution in [2.75, 3.05) is 31.1 Å². The zero-order chi connectivity index (χ0) is 16.2. The maximum atomic E-state index is 12.4. The first-order valence-corrected chi connectivity index (χ1v) is 9.15. The van der Waals surface area contributed by atoms with Crippen LogP contribution in [0.1, 0.15) is 32.1 Å². The topological polar surface area (TPSA) is 35.6 Å². The number of nitrogens with one attached hydrogen (secondary N) is 1. The Morgan fingerprint density at radius 3 is 2.43 bits per heavy atom. The zero-order valence-corrected chi connectivity index (χ0v) is 14.7. The summed E-state index contributed by atoms with van der Waals surface area (Å²) in [5.74, 6) is 0. The van der Waals surface area contributed by atoms with Gasteiger partial charge in [0.1, 0.15) is 0 Å². The molecular formula is C17H23Cl2N3O. The van der Waals surface area contributed by atoms with Gasteiger partial charge in [0.25, 0.3) is 0 Å². The van der Waals surface area contributed by atoms with E-state index in [1.165, 1.54) is 19.3 Å². The Bertz CT molecular complexity index is 553. The number of rotatable bonds is 2. The molecule has 4 nitrogen and oxygen atoms in total. The standard InChI is InChI=1S/C17H23Cl2N3O/c18-14-7-4-8-15(16(14)19)21-9-11-22(12-10-21)17(23)20-13-5-2-1-3-6-13/h4,7-8,13H,1-3,5-6,9-12H2,(H,20,23). The van der Waals surface area contributed by atoms with E-state index < -0.39 is 0 Å². The molecule has 1 aromatic rings. The molecule has 1 heterocycles. The Labute approximate surface area is 147 Å². The van der Waals surface area contributed by atoms with E-state index in [0.717, 1.165) is 31.6 Å². The second-order valence-electron chi connectivity index (χ2n) is 6.33. The second kappa shape index (κ2) is 7.63. The first kappa shape index (κ1) is 16.7. The SMILES string of the molecule is O=C(NC1CCCCC1)N1CCN(c2cccc(Cl)c2Cl)CC1. The van der Waals surface area contributed by atoms with E-state index in [1.54, 1.807) is 6.07 Å². The summed E-state index contributed by atoms with van der Waals surface area (Å²) in [7, 11) is 0. The molecule has 0 aromatic heterocycles. The number of anilines is 1. The van der Waals surface area contributed by atoms with Gasteiger partial charge in [-0.2, -0.15) is 0 Å². The number of benzene rings is 1. The molecule has 1 N–H and O–H groups in total. The summed E-state index contributed by atoms with van der Waals surface area (Å²) in [4.78, 5) is 16.5. The van der Waals surface area contributed by atoms with Gasteiger partial charge >= 0.3 is 6.03 Å². The lowest BCUT2D eigenvalue weighted by Gasteiger charge is -2.37. The summed E-state index contributed by atoms with van der Waals surface area (Å²) < 4.78 is 0. The van der Waals surface area contributed by atoms with E-state index in [4.69, 9.17) is 23.2 Å². The fraction of sp³-hybridized carbons (Fsp3) is 0.588. The van der Waals surface area contributed by atoms with Gasteiger partial charge in [0, 0.05) is 32.2 Å². The van der Waals surface area contributed by atoms with Crippen molar-refractivity contribution in [1.82, 2.24) is 10.2 Å². The van der Waals surface area contributed by atoms with Crippen LogP contribution in [0.4, 0.5) is 10.5 Å². The molecule has 1 aromatic carbocycles. The highest BCUT2D eigenvalue weighted by Gasteiger charge is 2.25. The molecule has 126 valence electrons. The number of hydrogen-bond acceptors (Lipinski definition) is 2. The summed E-state index contributed by atoms with van der Waals surface area (Å²) in [5, 5.41) is 4.35. The maximum absolute atomic E-state index is 12.4. The molecular weight excluding hydrogens is 333 g/mol. The van der Waals surface area contributed by atoms with Crippen molar-refractivity contribution in [2.24, 2.45) is 0 Å². The normalized spacial score (nSPS) is 19.7. The Morgan fingerprint density at radius 2 is 1.74 bits per heavy atom. The average molecular weight is 356 g/mol. The van der Waals surface area contributed by atoms with Gasteiger partial charge < -0.3 is 15.1 Å². The van der Waals surface area contributed by atoms with Crippen LogP contribution in [0.15, 0.2) is 18.2 Å². The van der Waals surface area contributed by atoms with E-state index >= 15 is 0 Å². The van der Waals surface area contributed by atoms with E-state index in [1.807, 2.05) is 17.0 Å². The molecule has 0 atom stereocenters. The van der Waals surface area contributed by atoms with Crippen molar-refractivity contribution in [1.29, 1.82) is 0 Å². The number of amides is 2. The Kier molecular flexibility index (Phi) is 5.54. The van der Waals surface area contributed by atoms with Gasteiger partial charge in [-0.15, -0.1) is 0 Å². The summed E-state index contributed by atoms with van der Waals surface area (Å²) in [6, 6.07) is 6.12. The van der Waals surface area contributed by atoms with Crippen LogP contribution in [0.25, 0.3) is 0 Å². The minimum atomic E-state index is 0.0775. The fourth-order valence-corrected chi connectivity index (χ4v) is 3.81. The van der Waals surface area contributed by atoms with Crippen LogP contribution in [0.2, 0.25) is 10.0 Å². The molecule has 0 unspecified atom stereocenters. The fourth-order valence-electron chi connectivity index (χ4n) is 3.40. The minimum Gasteiger partial charge on any atom is -0.367 e. The van der Waals surface area contributed by atoms with Crippen LogP contribution in [-0.4, -0.2) is 43.2 Å². The number of halogens is 2. The van der Waals surface area contributed by atoms with Gasteiger partial charge in [0.05, 0.1) is 15.7 Å². The van der Waals surface area contributed by atoms with Crippen LogP contribution in [-0.2, 0) is 0 Å². The molecule has 23 heavy (non-hydrogen) atoms. The van der Waals surface area contributed by atoms with Crippen molar-refractivity contribution in [3.63, 3.8) is 0 Å². The van der Waals surface area contributed by atoms with Crippen LogP contribution >= 0.6 is 23.2 Å². The molecule has 2 fully saturated rings. The molecule has 1 saturated carbocycles. The smallest absolute Gasteiger partial charge is 0.317 e. The van der Waals surface area contributed by atoms with Gasteiger partial charge in [-0.05, 0) is 25.0 Å². The highest BCUT2D eigenvalue weighted by molar-refractivity contribution is 6.43. The Morgan fingerprint density at radius 1 is 1.04 bits per heavy atom.